The number of unbranched alkanes of at least 4 members (excludes halogenated alkanes) is 1. The first-order chi connectivity index (χ1) is 10.7. The van der Waals surface area contributed by atoms with Gasteiger partial charge in [-0.05, 0) is 39.5 Å². The number of aliphatic imine (C=N–C) groups is 1. The van der Waals surface area contributed by atoms with E-state index in [9.17, 15) is 0 Å². The Kier molecular flexibility index (Phi) is 14.2. The van der Waals surface area contributed by atoms with Gasteiger partial charge in [-0.25, -0.2) is 0 Å². The molecule has 1 rings (SSSR count). The summed E-state index contributed by atoms with van der Waals surface area (Å²) in [6.45, 7) is 11.4. The quantitative estimate of drug-likeness (QED) is 0.212. The summed E-state index contributed by atoms with van der Waals surface area (Å²) in [7, 11) is 1.83. The van der Waals surface area contributed by atoms with Crippen LogP contribution in [0.5, 0.6) is 0 Å². The van der Waals surface area contributed by atoms with Crippen LogP contribution in [0.25, 0.3) is 0 Å². The lowest BCUT2D eigenvalue weighted by molar-refractivity contribution is 0.129. The number of hydrogen-bond acceptors (Lipinski definition) is 3. The summed E-state index contributed by atoms with van der Waals surface area (Å²) < 4.78 is 5.55. The monoisotopic (exact) mass is 440 g/mol. The Balaban J connectivity index is 0.00000484. The molecule has 5 nitrogen and oxygen atoms in total. The second-order valence-electron chi connectivity index (χ2n) is 6.31. The van der Waals surface area contributed by atoms with E-state index in [1.807, 2.05) is 7.05 Å². The molecule has 2 N–H and O–H groups in total. The molecule has 138 valence electrons. The van der Waals surface area contributed by atoms with Gasteiger partial charge in [-0.2, -0.15) is 0 Å². The van der Waals surface area contributed by atoms with Crippen molar-refractivity contribution >= 4 is 29.9 Å². The maximum absolute atomic E-state index is 5.55. The molecule has 1 aliphatic carbocycles. The van der Waals surface area contributed by atoms with Gasteiger partial charge in [-0.1, -0.05) is 13.3 Å². The number of rotatable bonds is 12. The first kappa shape index (κ1) is 22.9. The van der Waals surface area contributed by atoms with Gasteiger partial charge in [0.25, 0.3) is 0 Å². The predicted octanol–water partition coefficient (Wildman–Crippen LogP) is 2.85. The molecule has 1 aliphatic rings. The standard InChI is InChI=1S/C17H36N4O.HI/c1-5-6-13-22-14-7-10-19-17(18-4)20-11-12-21(15(2)3)16-8-9-16;/h15-16H,5-14H2,1-4H3,(H2,18,19,20);1H. The Morgan fingerprint density at radius 2 is 1.83 bits per heavy atom. The summed E-state index contributed by atoms with van der Waals surface area (Å²) in [5, 5.41) is 6.75. The van der Waals surface area contributed by atoms with Crippen LogP contribution in [0.15, 0.2) is 4.99 Å². The van der Waals surface area contributed by atoms with Gasteiger partial charge >= 0.3 is 0 Å². The molecule has 0 amide bonds. The number of halogens is 1. The SMILES string of the molecule is CCCCOCCCNC(=NC)NCCN(C(C)C)C1CC1.I. The van der Waals surface area contributed by atoms with Crippen LogP contribution < -0.4 is 10.6 Å². The second kappa shape index (κ2) is 14.3. The number of guanidine groups is 1. The largest absolute Gasteiger partial charge is 0.381 e. The normalized spacial score (nSPS) is 15.0. The molecule has 0 heterocycles. The van der Waals surface area contributed by atoms with Gasteiger partial charge in [-0.15, -0.1) is 24.0 Å². The lowest BCUT2D eigenvalue weighted by atomic mass is 10.3. The smallest absolute Gasteiger partial charge is 0.191 e. The Bertz CT molecular complexity index is 307. The van der Waals surface area contributed by atoms with Crippen molar-refractivity contribution in [3.8, 4) is 0 Å². The highest BCUT2D eigenvalue weighted by Gasteiger charge is 2.29. The van der Waals surface area contributed by atoms with Crippen molar-refractivity contribution in [3.05, 3.63) is 0 Å². The Hall–Kier alpha value is -0.0800. The van der Waals surface area contributed by atoms with Crippen molar-refractivity contribution in [2.75, 3.05) is 39.9 Å². The van der Waals surface area contributed by atoms with Gasteiger partial charge in [0.15, 0.2) is 5.96 Å². The van der Waals surface area contributed by atoms with E-state index in [0.717, 1.165) is 57.7 Å². The van der Waals surface area contributed by atoms with Crippen LogP contribution in [-0.4, -0.2) is 62.8 Å². The molecular weight excluding hydrogens is 403 g/mol. The molecule has 0 aliphatic heterocycles. The Morgan fingerprint density at radius 1 is 1.17 bits per heavy atom. The Morgan fingerprint density at radius 3 is 2.39 bits per heavy atom. The fraction of sp³-hybridized carbons (Fsp3) is 0.941. The minimum absolute atomic E-state index is 0. The molecule has 1 saturated carbocycles. The van der Waals surface area contributed by atoms with Crippen molar-refractivity contribution in [2.45, 2.75) is 65.0 Å². The average Bonchev–Trinajstić information content (AvgIpc) is 3.32. The van der Waals surface area contributed by atoms with Crippen LogP contribution in [0.1, 0.15) is 52.9 Å². The van der Waals surface area contributed by atoms with Gasteiger partial charge in [0.05, 0.1) is 0 Å². The van der Waals surface area contributed by atoms with Gasteiger partial charge in [0.1, 0.15) is 0 Å². The third kappa shape index (κ3) is 11.2. The van der Waals surface area contributed by atoms with Crippen molar-refractivity contribution < 1.29 is 4.74 Å². The fourth-order valence-electron chi connectivity index (χ4n) is 2.52. The number of nitrogens with zero attached hydrogens (tertiary/aromatic N) is 2. The third-order valence-electron chi connectivity index (χ3n) is 3.97. The van der Waals surface area contributed by atoms with E-state index in [2.05, 4.69) is 41.3 Å². The first-order valence-electron chi connectivity index (χ1n) is 8.97. The maximum atomic E-state index is 5.55. The van der Waals surface area contributed by atoms with E-state index < -0.39 is 0 Å². The molecular formula is C17H37IN4O. The lowest BCUT2D eigenvalue weighted by Gasteiger charge is -2.26. The predicted molar refractivity (Wildman–Crippen MR) is 110 cm³/mol. The van der Waals surface area contributed by atoms with Crippen LogP contribution in [0.3, 0.4) is 0 Å². The molecule has 23 heavy (non-hydrogen) atoms. The van der Waals surface area contributed by atoms with Crippen molar-refractivity contribution in [1.82, 2.24) is 15.5 Å². The number of hydrogen-bond donors (Lipinski definition) is 2. The summed E-state index contributed by atoms with van der Waals surface area (Å²) in [4.78, 5) is 6.86. The molecule has 0 spiro atoms. The minimum atomic E-state index is 0. The highest BCUT2D eigenvalue weighted by molar-refractivity contribution is 14.0. The lowest BCUT2D eigenvalue weighted by Crippen LogP contribution is -2.44. The van der Waals surface area contributed by atoms with Gasteiger partial charge in [0.2, 0.25) is 0 Å². The molecule has 0 saturated heterocycles. The molecule has 0 radical (unpaired) electrons. The van der Waals surface area contributed by atoms with E-state index in [0.29, 0.717) is 6.04 Å². The van der Waals surface area contributed by atoms with Crippen LogP contribution in [-0.2, 0) is 4.74 Å². The van der Waals surface area contributed by atoms with Gasteiger partial charge in [-0.3, -0.25) is 9.89 Å². The van der Waals surface area contributed by atoms with Crippen molar-refractivity contribution in [1.29, 1.82) is 0 Å². The molecule has 0 unspecified atom stereocenters. The molecule has 0 aromatic carbocycles. The van der Waals surface area contributed by atoms with Crippen molar-refractivity contribution in [3.63, 3.8) is 0 Å². The van der Waals surface area contributed by atoms with E-state index in [1.165, 1.54) is 19.3 Å². The third-order valence-corrected chi connectivity index (χ3v) is 3.97. The van der Waals surface area contributed by atoms with Crippen LogP contribution in [0.4, 0.5) is 0 Å². The summed E-state index contributed by atoms with van der Waals surface area (Å²) in [5.41, 5.74) is 0. The molecule has 0 aromatic rings. The molecule has 0 aromatic heterocycles. The molecule has 1 fully saturated rings. The Labute approximate surface area is 160 Å². The van der Waals surface area contributed by atoms with Crippen LogP contribution >= 0.6 is 24.0 Å². The topological polar surface area (TPSA) is 48.9 Å². The van der Waals surface area contributed by atoms with E-state index in [1.54, 1.807) is 0 Å². The summed E-state index contributed by atoms with van der Waals surface area (Å²) in [6.07, 6.45) is 6.10. The number of ether oxygens (including phenoxy) is 1. The zero-order valence-corrected chi connectivity index (χ0v) is 17.8. The zero-order valence-electron chi connectivity index (χ0n) is 15.4. The first-order valence-corrected chi connectivity index (χ1v) is 8.97. The molecule has 0 atom stereocenters. The minimum Gasteiger partial charge on any atom is -0.381 e. The van der Waals surface area contributed by atoms with Crippen molar-refractivity contribution in [2.24, 2.45) is 4.99 Å². The zero-order chi connectivity index (χ0) is 16.2. The van der Waals surface area contributed by atoms with Crippen LogP contribution in [0.2, 0.25) is 0 Å². The highest BCUT2D eigenvalue weighted by Crippen LogP contribution is 2.27. The summed E-state index contributed by atoms with van der Waals surface area (Å²) >= 11 is 0. The van der Waals surface area contributed by atoms with Gasteiger partial charge < -0.3 is 15.4 Å². The average molecular weight is 440 g/mol. The summed E-state index contributed by atoms with van der Waals surface area (Å²) in [5.74, 6) is 0.896. The molecule has 6 heteroatoms. The highest BCUT2D eigenvalue weighted by atomic mass is 127. The van der Waals surface area contributed by atoms with E-state index >= 15 is 0 Å². The van der Waals surface area contributed by atoms with Gasteiger partial charge in [0, 0.05) is 52.0 Å². The van der Waals surface area contributed by atoms with Crippen LogP contribution in [0, 0.1) is 0 Å². The summed E-state index contributed by atoms with van der Waals surface area (Å²) in [6, 6.07) is 1.45. The molecule has 0 bridgehead atoms. The van der Waals surface area contributed by atoms with E-state index in [4.69, 9.17) is 4.74 Å². The fourth-order valence-corrected chi connectivity index (χ4v) is 2.52. The number of nitrogens with one attached hydrogen (secondary N) is 2. The maximum Gasteiger partial charge on any atom is 0.191 e. The second-order valence-corrected chi connectivity index (χ2v) is 6.31. The van der Waals surface area contributed by atoms with E-state index in [-0.39, 0.29) is 24.0 Å².